The monoisotopic (exact) mass is 532 g/mol. The molecule has 0 aliphatic carbocycles. The molecule has 35 heavy (non-hydrogen) atoms. The van der Waals surface area contributed by atoms with Crippen LogP contribution in [0.25, 0.3) is 0 Å². The minimum atomic E-state index is -0.292. The number of nitrogens with one attached hydrogen (secondary N) is 1. The molecule has 4 rings (SSSR count). The lowest BCUT2D eigenvalue weighted by atomic mass is 10.2. The molecule has 0 atom stereocenters. The standard InChI is InChI=1S/C25H23Cl3N4O3/c26-17-2-6-20(7-3-17)35-16-24(33)30-19-5-9-23(29-15-19)31-10-1-11-32(13-12-31)25(34)21-8-4-18(27)14-22(21)28/h2-9,14-15H,1,10-13,16H2,(H,30,33). The fourth-order valence-corrected chi connectivity index (χ4v) is 4.32. The van der Waals surface area contributed by atoms with Crippen molar-refractivity contribution in [1.82, 2.24) is 9.88 Å². The molecule has 10 heteroatoms. The van der Waals surface area contributed by atoms with Crippen LogP contribution in [-0.2, 0) is 4.79 Å². The Hall–Kier alpha value is -3.00. The molecular weight excluding hydrogens is 511 g/mol. The predicted molar refractivity (Wildman–Crippen MR) is 139 cm³/mol. The third-order valence-corrected chi connectivity index (χ3v) is 6.28. The number of rotatable bonds is 6. The van der Waals surface area contributed by atoms with Crippen LogP contribution in [0.4, 0.5) is 11.5 Å². The van der Waals surface area contributed by atoms with Gasteiger partial charge < -0.3 is 19.9 Å². The van der Waals surface area contributed by atoms with Gasteiger partial charge in [0.15, 0.2) is 6.61 Å². The Bertz CT molecular complexity index is 1190. The van der Waals surface area contributed by atoms with E-state index in [1.807, 2.05) is 6.07 Å². The van der Waals surface area contributed by atoms with Crippen molar-refractivity contribution in [2.75, 3.05) is 43.0 Å². The molecule has 2 heterocycles. The Morgan fingerprint density at radius 2 is 1.69 bits per heavy atom. The van der Waals surface area contributed by atoms with Crippen molar-refractivity contribution in [3.8, 4) is 5.75 Å². The Kier molecular flexibility index (Phi) is 8.33. The molecule has 7 nitrogen and oxygen atoms in total. The van der Waals surface area contributed by atoms with E-state index in [1.165, 1.54) is 0 Å². The molecule has 1 aliphatic rings. The summed E-state index contributed by atoms with van der Waals surface area (Å²) in [7, 11) is 0. The van der Waals surface area contributed by atoms with E-state index in [4.69, 9.17) is 39.5 Å². The normalized spacial score (nSPS) is 13.8. The van der Waals surface area contributed by atoms with Gasteiger partial charge in [0.25, 0.3) is 11.8 Å². The highest BCUT2D eigenvalue weighted by molar-refractivity contribution is 6.36. The minimum absolute atomic E-state index is 0.111. The highest BCUT2D eigenvalue weighted by atomic mass is 35.5. The van der Waals surface area contributed by atoms with E-state index in [0.29, 0.717) is 51.7 Å². The highest BCUT2D eigenvalue weighted by Gasteiger charge is 2.22. The number of ether oxygens (including phenoxy) is 1. The summed E-state index contributed by atoms with van der Waals surface area (Å²) in [5, 5.41) is 4.21. The number of halogens is 3. The number of carbonyl (C=O) groups is 2. The van der Waals surface area contributed by atoms with Crippen LogP contribution in [0, 0.1) is 0 Å². The minimum Gasteiger partial charge on any atom is -0.484 e. The summed E-state index contributed by atoms with van der Waals surface area (Å²) in [6.45, 7) is 2.42. The van der Waals surface area contributed by atoms with Crippen LogP contribution in [0.2, 0.25) is 15.1 Å². The van der Waals surface area contributed by atoms with Gasteiger partial charge in [-0.2, -0.15) is 0 Å². The highest BCUT2D eigenvalue weighted by Crippen LogP contribution is 2.24. The zero-order chi connectivity index (χ0) is 24.8. The molecule has 1 aromatic heterocycles. The summed E-state index contributed by atoms with van der Waals surface area (Å²) >= 11 is 18.0. The smallest absolute Gasteiger partial charge is 0.262 e. The number of nitrogens with zero attached hydrogens (tertiary/aromatic N) is 3. The van der Waals surface area contributed by atoms with E-state index < -0.39 is 0 Å². The number of amides is 2. The second-order valence-electron chi connectivity index (χ2n) is 7.95. The number of anilines is 2. The van der Waals surface area contributed by atoms with Gasteiger partial charge >= 0.3 is 0 Å². The summed E-state index contributed by atoms with van der Waals surface area (Å²) in [5.74, 6) is 0.934. The van der Waals surface area contributed by atoms with Crippen LogP contribution in [0.3, 0.4) is 0 Å². The van der Waals surface area contributed by atoms with Crippen molar-refractivity contribution in [1.29, 1.82) is 0 Å². The fourth-order valence-electron chi connectivity index (χ4n) is 3.71. The average molecular weight is 534 g/mol. The molecule has 1 aliphatic heterocycles. The third-order valence-electron chi connectivity index (χ3n) is 5.48. The van der Waals surface area contributed by atoms with Crippen molar-refractivity contribution in [3.05, 3.63) is 81.4 Å². The number of aromatic nitrogens is 1. The van der Waals surface area contributed by atoms with E-state index in [9.17, 15) is 9.59 Å². The fraction of sp³-hybridized carbons (Fsp3) is 0.240. The summed E-state index contributed by atoms with van der Waals surface area (Å²) in [6.07, 6.45) is 2.40. The first-order valence-electron chi connectivity index (χ1n) is 11.0. The maximum Gasteiger partial charge on any atom is 0.262 e. The van der Waals surface area contributed by atoms with Gasteiger partial charge in [-0.15, -0.1) is 0 Å². The van der Waals surface area contributed by atoms with Crippen LogP contribution in [0.1, 0.15) is 16.8 Å². The molecule has 0 spiro atoms. The Morgan fingerprint density at radius 1 is 0.914 bits per heavy atom. The van der Waals surface area contributed by atoms with Crippen molar-refractivity contribution in [2.24, 2.45) is 0 Å². The van der Waals surface area contributed by atoms with Crippen LogP contribution < -0.4 is 15.0 Å². The van der Waals surface area contributed by atoms with Crippen LogP contribution in [0.15, 0.2) is 60.8 Å². The zero-order valence-electron chi connectivity index (χ0n) is 18.7. The molecule has 2 aromatic carbocycles. The van der Waals surface area contributed by atoms with Crippen molar-refractivity contribution in [3.63, 3.8) is 0 Å². The van der Waals surface area contributed by atoms with Crippen molar-refractivity contribution < 1.29 is 14.3 Å². The van der Waals surface area contributed by atoms with Crippen LogP contribution in [0.5, 0.6) is 5.75 Å². The maximum absolute atomic E-state index is 12.9. The topological polar surface area (TPSA) is 74.8 Å². The lowest BCUT2D eigenvalue weighted by molar-refractivity contribution is -0.118. The SMILES string of the molecule is O=C(COc1ccc(Cl)cc1)Nc1ccc(N2CCCN(C(=O)c3ccc(Cl)cc3Cl)CC2)nc1. The first-order chi connectivity index (χ1) is 16.9. The molecule has 3 aromatic rings. The second-order valence-corrected chi connectivity index (χ2v) is 9.23. The van der Waals surface area contributed by atoms with Gasteiger partial charge in [-0.1, -0.05) is 34.8 Å². The Balaban J connectivity index is 1.30. The molecular formula is C25H23Cl3N4O3. The van der Waals surface area contributed by atoms with E-state index in [-0.39, 0.29) is 18.4 Å². The van der Waals surface area contributed by atoms with Gasteiger partial charge in [0.05, 0.1) is 22.5 Å². The lowest BCUT2D eigenvalue weighted by Crippen LogP contribution is -2.35. The van der Waals surface area contributed by atoms with Gasteiger partial charge in [0.2, 0.25) is 0 Å². The van der Waals surface area contributed by atoms with Crippen molar-refractivity contribution >= 4 is 58.1 Å². The summed E-state index contributed by atoms with van der Waals surface area (Å²) < 4.78 is 5.46. The van der Waals surface area contributed by atoms with Crippen molar-refractivity contribution in [2.45, 2.75) is 6.42 Å². The van der Waals surface area contributed by atoms with E-state index in [2.05, 4.69) is 15.2 Å². The summed E-state index contributed by atoms with van der Waals surface area (Å²) in [5.41, 5.74) is 1.02. The van der Waals surface area contributed by atoms with Gasteiger partial charge in [-0.05, 0) is 61.0 Å². The number of hydrogen-bond donors (Lipinski definition) is 1. The largest absolute Gasteiger partial charge is 0.484 e. The number of benzene rings is 2. The maximum atomic E-state index is 12.9. The number of hydrogen-bond acceptors (Lipinski definition) is 5. The average Bonchev–Trinajstić information content (AvgIpc) is 3.10. The molecule has 182 valence electrons. The third kappa shape index (κ3) is 6.78. The van der Waals surface area contributed by atoms with Gasteiger partial charge in [0.1, 0.15) is 11.6 Å². The lowest BCUT2D eigenvalue weighted by Gasteiger charge is -2.23. The molecule has 0 bridgehead atoms. The molecule has 1 N–H and O–H groups in total. The number of pyridine rings is 1. The van der Waals surface area contributed by atoms with Gasteiger partial charge in [0, 0.05) is 36.2 Å². The molecule has 1 fully saturated rings. The van der Waals surface area contributed by atoms with E-state index in [1.54, 1.807) is 59.6 Å². The predicted octanol–water partition coefficient (Wildman–Crippen LogP) is 5.41. The zero-order valence-corrected chi connectivity index (χ0v) is 21.0. The first-order valence-corrected chi connectivity index (χ1v) is 12.2. The Morgan fingerprint density at radius 3 is 2.40 bits per heavy atom. The summed E-state index contributed by atoms with van der Waals surface area (Å²) in [4.78, 5) is 33.5. The molecule has 1 saturated heterocycles. The molecule has 0 radical (unpaired) electrons. The van der Waals surface area contributed by atoms with Gasteiger partial charge in [-0.25, -0.2) is 4.98 Å². The molecule has 0 unspecified atom stereocenters. The van der Waals surface area contributed by atoms with Crippen LogP contribution >= 0.6 is 34.8 Å². The van der Waals surface area contributed by atoms with E-state index >= 15 is 0 Å². The van der Waals surface area contributed by atoms with E-state index in [0.717, 1.165) is 18.8 Å². The van der Waals surface area contributed by atoms with Gasteiger partial charge in [-0.3, -0.25) is 9.59 Å². The molecule has 0 saturated carbocycles. The van der Waals surface area contributed by atoms with Crippen LogP contribution in [-0.4, -0.2) is 54.5 Å². The quantitative estimate of drug-likeness (QED) is 0.458. The molecule has 2 amide bonds. The number of carbonyl (C=O) groups excluding carboxylic acids is 2. The first kappa shape index (κ1) is 25.1. The second kappa shape index (κ2) is 11.6. The summed E-state index contributed by atoms with van der Waals surface area (Å²) in [6, 6.07) is 15.3. The Labute approximate surface area is 218 Å².